The molecule has 1 aliphatic rings. The number of halogens is 2. The lowest BCUT2D eigenvalue weighted by Crippen LogP contribution is -2.47. The summed E-state index contributed by atoms with van der Waals surface area (Å²) in [6.45, 7) is 6.99. The number of methoxy groups -OCH3 is 1. The van der Waals surface area contributed by atoms with Gasteiger partial charge in [0.1, 0.15) is 5.75 Å². The summed E-state index contributed by atoms with van der Waals surface area (Å²) in [6.07, 6.45) is 0.806. The number of hydrogen-bond donors (Lipinski definition) is 3. The molecule has 3 N–H and O–H groups in total. The maximum Gasteiger partial charge on any atom is 0.323 e. The Morgan fingerprint density at radius 1 is 0.923 bits per heavy atom. The van der Waals surface area contributed by atoms with Crippen molar-refractivity contribution in [2.75, 3.05) is 53.7 Å². The van der Waals surface area contributed by atoms with Crippen molar-refractivity contribution < 1.29 is 14.3 Å². The number of ether oxygens (including phenoxy) is 1. The Balaban J connectivity index is 1.52. The van der Waals surface area contributed by atoms with Gasteiger partial charge < -0.3 is 30.5 Å². The van der Waals surface area contributed by atoms with Gasteiger partial charge in [-0.1, -0.05) is 42.3 Å². The first-order chi connectivity index (χ1) is 18.8. The van der Waals surface area contributed by atoms with Crippen molar-refractivity contribution >= 4 is 57.9 Å². The van der Waals surface area contributed by atoms with Crippen molar-refractivity contribution in [1.29, 1.82) is 0 Å². The summed E-state index contributed by atoms with van der Waals surface area (Å²) < 4.78 is 5.54. The lowest BCUT2D eigenvalue weighted by Gasteiger charge is -2.38. The van der Waals surface area contributed by atoms with Crippen molar-refractivity contribution in [3.8, 4) is 5.75 Å². The molecule has 39 heavy (non-hydrogen) atoms. The van der Waals surface area contributed by atoms with E-state index in [0.717, 1.165) is 49.7 Å². The number of nitrogens with one attached hydrogen (secondary N) is 3. The molecule has 0 saturated carbocycles. The van der Waals surface area contributed by atoms with Crippen molar-refractivity contribution in [1.82, 2.24) is 5.32 Å². The molecule has 10 heteroatoms. The molecule has 3 aromatic carbocycles. The number of nitrogens with zero attached hydrogens (tertiary/aromatic N) is 2. The van der Waals surface area contributed by atoms with Crippen molar-refractivity contribution in [3.05, 3.63) is 76.3 Å². The standard InChI is InChI=1S/C29H33Cl2N5O3/c1-4-19(2)32-28(37)22-18-21(33-29(38)34-24-11-9-20(30)17-23(24)31)10-12-25(22)35-13-15-36(16-14-35)26-7-5-6-8-27(26)39-3/h5-12,17-19H,4,13-16H2,1-3H3,(H,32,37)(H2,33,34,38). The van der Waals surface area contributed by atoms with Crippen LogP contribution in [0.4, 0.5) is 27.5 Å². The maximum atomic E-state index is 13.3. The van der Waals surface area contributed by atoms with E-state index in [1.807, 2.05) is 38.1 Å². The van der Waals surface area contributed by atoms with E-state index in [1.165, 1.54) is 0 Å². The second-order valence-corrected chi connectivity index (χ2v) is 10.2. The predicted octanol–water partition coefficient (Wildman–Crippen LogP) is 6.50. The molecule has 1 aliphatic heterocycles. The molecule has 4 rings (SSSR count). The maximum absolute atomic E-state index is 13.3. The Bertz CT molecular complexity index is 1330. The van der Waals surface area contributed by atoms with E-state index < -0.39 is 6.03 Å². The molecule has 8 nitrogen and oxygen atoms in total. The fourth-order valence-corrected chi connectivity index (χ4v) is 4.89. The van der Waals surface area contributed by atoms with Crippen molar-refractivity contribution in [3.63, 3.8) is 0 Å². The van der Waals surface area contributed by atoms with Crippen LogP contribution < -0.4 is 30.5 Å². The van der Waals surface area contributed by atoms with Crippen LogP contribution >= 0.6 is 23.2 Å². The van der Waals surface area contributed by atoms with Crippen molar-refractivity contribution in [2.45, 2.75) is 26.3 Å². The van der Waals surface area contributed by atoms with Gasteiger partial charge in [-0.3, -0.25) is 4.79 Å². The van der Waals surface area contributed by atoms with Gasteiger partial charge in [0.05, 0.1) is 29.1 Å². The third-order valence-electron chi connectivity index (χ3n) is 6.71. The third kappa shape index (κ3) is 7.07. The molecular weight excluding hydrogens is 537 g/mol. The Labute approximate surface area is 239 Å². The number of piperazine rings is 1. The third-order valence-corrected chi connectivity index (χ3v) is 7.26. The second-order valence-electron chi connectivity index (χ2n) is 9.36. The number of urea groups is 1. The van der Waals surface area contributed by atoms with Crippen LogP contribution in [0.1, 0.15) is 30.6 Å². The van der Waals surface area contributed by atoms with E-state index in [2.05, 4.69) is 31.8 Å². The quantitative estimate of drug-likeness (QED) is 0.288. The molecule has 0 spiro atoms. The summed E-state index contributed by atoms with van der Waals surface area (Å²) in [5.41, 5.74) is 3.30. The van der Waals surface area contributed by atoms with Gasteiger partial charge in [0.15, 0.2) is 0 Å². The summed E-state index contributed by atoms with van der Waals surface area (Å²) in [6, 6.07) is 17.7. The fraction of sp³-hybridized carbons (Fsp3) is 0.310. The summed E-state index contributed by atoms with van der Waals surface area (Å²) in [5, 5.41) is 9.38. The number of carbonyl (C=O) groups excluding carboxylic acids is 2. The number of carbonyl (C=O) groups is 2. The predicted molar refractivity (Wildman–Crippen MR) is 160 cm³/mol. The average molecular weight is 571 g/mol. The molecule has 3 aromatic rings. The van der Waals surface area contributed by atoms with E-state index >= 15 is 0 Å². The van der Waals surface area contributed by atoms with Crippen LogP contribution in [0.25, 0.3) is 0 Å². The first kappa shape index (κ1) is 28.4. The van der Waals surface area contributed by atoms with Gasteiger partial charge in [0.2, 0.25) is 0 Å². The van der Waals surface area contributed by atoms with Gasteiger partial charge in [0, 0.05) is 48.6 Å². The van der Waals surface area contributed by atoms with Crippen LogP contribution in [-0.2, 0) is 0 Å². The smallest absolute Gasteiger partial charge is 0.323 e. The van der Waals surface area contributed by atoms with Crippen LogP contribution in [0.5, 0.6) is 5.75 Å². The molecule has 206 valence electrons. The van der Waals surface area contributed by atoms with Gasteiger partial charge in [-0.05, 0) is 61.9 Å². The van der Waals surface area contributed by atoms with Crippen LogP contribution in [0.2, 0.25) is 10.0 Å². The zero-order chi connectivity index (χ0) is 27.9. The summed E-state index contributed by atoms with van der Waals surface area (Å²) >= 11 is 12.1. The van der Waals surface area contributed by atoms with Crippen LogP contribution in [-0.4, -0.2) is 51.3 Å². The van der Waals surface area contributed by atoms with Gasteiger partial charge >= 0.3 is 6.03 Å². The summed E-state index contributed by atoms with van der Waals surface area (Å²) in [5.74, 6) is 0.657. The van der Waals surface area contributed by atoms with Crippen LogP contribution in [0.3, 0.4) is 0 Å². The monoisotopic (exact) mass is 569 g/mol. The largest absolute Gasteiger partial charge is 0.495 e. The molecule has 1 atom stereocenters. The Hall–Kier alpha value is -3.62. The first-order valence-corrected chi connectivity index (χ1v) is 13.7. The van der Waals surface area contributed by atoms with Gasteiger partial charge in [0.25, 0.3) is 5.91 Å². The highest BCUT2D eigenvalue weighted by Gasteiger charge is 2.24. The number of para-hydroxylation sites is 2. The van der Waals surface area contributed by atoms with E-state index in [0.29, 0.717) is 27.0 Å². The lowest BCUT2D eigenvalue weighted by atomic mass is 10.1. The Morgan fingerprint density at radius 3 is 2.28 bits per heavy atom. The summed E-state index contributed by atoms with van der Waals surface area (Å²) in [4.78, 5) is 30.5. The normalized spacial score (nSPS) is 14.0. The Kier molecular flexibility index (Phi) is 9.43. The molecule has 1 unspecified atom stereocenters. The zero-order valence-corrected chi connectivity index (χ0v) is 23.8. The zero-order valence-electron chi connectivity index (χ0n) is 22.3. The highest BCUT2D eigenvalue weighted by molar-refractivity contribution is 6.36. The molecular formula is C29H33Cl2N5O3. The topological polar surface area (TPSA) is 85.9 Å². The minimum Gasteiger partial charge on any atom is -0.495 e. The number of anilines is 4. The lowest BCUT2D eigenvalue weighted by molar-refractivity contribution is 0.0939. The molecule has 0 radical (unpaired) electrons. The SMILES string of the molecule is CCC(C)NC(=O)c1cc(NC(=O)Nc2ccc(Cl)cc2Cl)ccc1N1CCN(c2ccccc2OC)CC1. The molecule has 0 aromatic heterocycles. The Morgan fingerprint density at radius 2 is 1.62 bits per heavy atom. The van der Waals surface area contributed by atoms with E-state index in [9.17, 15) is 9.59 Å². The van der Waals surface area contributed by atoms with E-state index in [4.69, 9.17) is 27.9 Å². The van der Waals surface area contributed by atoms with Gasteiger partial charge in [-0.25, -0.2) is 4.79 Å². The van der Waals surface area contributed by atoms with Gasteiger partial charge in [-0.2, -0.15) is 0 Å². The molecule has 1 saturated heterocycles. The number of rotatable bonds is 8. The minimum absolute atomic E-state index is 0.0136. The molecule has 3 amide bonds. The highest BCUT2D eigenvalue weighted by Crippen LogP contribution is 2.31. The highest BCUT2D eigenvalue weighted by atomic mass is 35.5. The van der Waals surface area contributed by atoms with Gasteiger partial charge in [-0.15, -0.1) is 0 Å². The molecule has 1 fully saturated rings. The number of amides is 3. The second kappa shape index (κ2) is 13.0. The molecule has 0 aliphatic carbocycles. The summed E-state index contributed by atoms with van der Waals surface area (Å²) in [7, 11) is 1.68. The average Bonchev–Trinajstić information content (AvgIpc) is 2.94. The van der Waals surface area contributed by atoms with Crippen molar-refractivity contribution in [2.24, 2.45) is 0 Å². The number of benzene rings is 3. The fourth-order valence-electron chi connectivity index (χ4n) is 4.43. The minimum atomic E-state index is -0.481. The van der Waals surface area contributed by atoms with E-state index in [1.54, 1.807) is 37.4 Å². The molecule has 0 bridgehead atoms. The number of hydrogen-bond acceptors (Lipinski definition) is 5. The molecule has 1 heterocycles. The van der Waals surface area contributed by atoms with Crippen LogP contribution in [0, 0.1) is 0 Å². The van der Waals surface area contributed by atoms with E-state index in [-0.39, 0.29) is 11.9 Å². The first-order valence-electron chi connectivity index (χ1n) is 12.9. The van der Waals surface area contributed by atoms with Crippen LogP contribution in [0.15, 0.2) is 60.7 Å².